The molecule has 0 aliphatic rings. The van der Waals surface area contributed by atoms with E-state index in [-0.39, 0.29) is 0 Å². The third-order valence-electron chi connectivity index (χ3n) is 3.92. The van der Waals surface area contributed by atoms with E-state index in [0.29, 0.717) is 24.5 Å². The highest BCUT2D eigenvalue weighted by Gasteiger charge is 2.10. The molecule has 2 N–H and O–H groups in total. The van der Waals surface area contributed by atoms with Crippen LogP contribution in [0.2, 0.25) is 0 Å². The number of aromatic nitrogens is 3. The third kappa shape index (κ3) is 4.68. The van der Waals surface area contributed by atoms with Gasteiger partial charge >= 0.3 is 0 Å². The summed E-state index contributed by atoms with van der Waals surface area (Å²) in [5, 5.41) is 7.18. The topological polar surface area (TPSA) is 64.1 Å². The number of benzene rings is 2. The predicted octanol–water partition coefficient (Wildman–Crippen LogP) is 4.54. The van der Waals surface area contributed by atoms with Crippen LogP contribution in [0.15, 0.2) is 48.5 Å². The molecule has 0 spiro atoms. The molecule has 0 aliphatic carbocycles. The molecule has 1 heterocycles. The van der Waals surface area contributed by atoms with E-state index in [0.717, 1.165) is 34.9 Å². The first-order valence-electron chi connectivity index (χ1n) is 9.08. The van der Waals surface area contributed by atoms with Crippen molar-refractivity contribution < 1.29 is 9.47 Å². The minimum absolute atomic E-state index is 0.516. The number of rotatable bonds is 9. The fourth-order valence-electron chi connectivity index (χ4n) is 2.66. The average Bonchev–Trinajstić information content (AvgIpc) is 3.07. The van der Waals surface area contributed by atoms with Gasteiger partial charge in [0.05, 0.1) is 19.8 Å². The van der Waals surface area contributed by atoms with Crippen molar-refractivity contribution in [2.24, 2.45) is 0 Å². The van der Waals surface area contributed by atoms with Gasteiger partial charge in [-0.05, 0) is 43.3 Å². The molecule has 2 aromatic carbocycles. The largest absolute Gasteiger partial charge is 0.490 e. The number of H-pyrrole nitrogens is 1. The van der Waals surface area contributed by atoms with Crippen molar-refractivity contribution in [1.82, 2.24) is 14.9 Å². The highest BCUT2D eigenvalue weighted by Crippen LogP contribution is 2.29. The Bertz CT molecular complexity index is 921. The molecule has 0 saturated carbocycles. The first-order valence-corrected chi connectivity index (χ1v) is 9.49. The Balaban J connectivity index is 1.78. The molecule has 0 fully saturated rings. The molecule has 142 valence electrons. The van der Waals surface area contributed by atoms with Gasteiger partial charge in [0.2, 0.25) is 4.77 Å². The number of hydrogen-bond acceptors (Lipinski definition) is 5. The Morgan fingerprint density at radius 2 is 1.89 bits per heavy atom. The van der Waals surface area contributed by atoms with Crippen LogP contribution in [0.5, 0.6) is 11.5 Å². The van der Waals surface area contributed by atoms with Crippen molar-refractivity contribution in [3.8, 4) is 22.9 Å². The molecule has 0 unspecified atom stereocenters. The fourth-order valence-corrected chi connectivity index (χ4v) is 2.85. The molecule has 0 radical (unpaired) electrons. The zero-order valence-corrected chi connectivity index (χ0v) is 16.4. The highest BCUT2D eigenvalue weighted by atomic mass is 32.1. The molecule has 0 saturated heterocycles. The fraction of sp³-hybridized carbons (Fsp3) is 0.300. The second-order valence-corrected chi connectivity index (χ2v) is 6.34. The van der Waals surface area contributed by atoms with Crippen LogP contribution >= 0.6 is 12.2 Å². The summed E-state index contributed by atoms with van der Waals surface area (Å²) in [5.74, 6) is 2.27. The summed E-state index contributed by atoms with van der Waals surface area (Å²) in [7, 11) is 0. The predicted molar refractivity (Wildman–Crippen MR) is 109 cm³/mol. The van der Waals surface area contributed by atoms with Gasteiger partial charge in [-0.25, -0.2) is 9.77 Å². The van der Waals surface area contributed by atoms with Crippen LogP contribution in [0.25, 0.3) is 11.4 Å². The van der Waals surface area contributed by atoms with E-state index in [1.807, 2.05) is 55.5 Å². The zero-order valence-electron chi connectivity index (χ0n) is 15.6. The lowest BCUT2D eigenvalue weighted by Gasteiger charge is -2.14. The van der Waals surface area contributed by atoms with Crippen molar-refractivity contribution in [1.29, 1.82) is 0 Å². The van der Waals surface area contributed by atoms with Gasteiger partial charge in [0.15, 0.2) is 17.3 Å². The molecule has 27 heavy (non-hydrogen) atoms. The Morgan fingerprint density at radius 1 is 1.07 bits per heavy atom. The number of nitrogens with zero attached hydrogens (tertiary/aromatic N) is 2. The van der Waals surface area contributed by atoms with Crippen molar-refractivity contribution in [2.75, 3.05) is 18.6 Å². The number of nitrogens with one attached hydrogen (secondary N) is 2. The van der Waals surface area contributed by atoms with E-state index < -0.39 is 0 Å². The standard InChI is InChI=1S/C20H24N4O2S/c1-3-12-26-17-11-10-15(13-18(17)25-4-2)14-21-24-19(22-23-20(24)27)16-8-6-5-7-9-16/h5-11,13,21H,3-4,12,14H2,1-2H3,(H,23,27). The van der Waals surface area contributed by atoms with E-state index in [1.54, 1.807) is 4.68 Å². The van der Waals surface area contributed by atoms with Gasteiger partial charge in [-0.15, -0.1) is 0 Å². The molecular weight excluding hydrogens is 360 g/mol. The van der Waals surface area contributed by atoms with Crippen LogP contribution in [0.3, 0.4) is 0 Å². The van der Waals surface area contributed by atoms with Crippen molar-refractivity contribution in [3.63, 3.8) is 0 Å². The van der Waals surface area contributed by atoms with E-state index in [1.165, 1.54) is 0 Å². The minimum atomic E-state index is 0.516. The van der Waals surface area contributed by atoms with E-state index in [9.17, 15) is 0 Å². The summed E-state index contributed by atoms with van der Waals surface area (Å²) in [5.41, 5.74) is 5.37. The molecule has 0 atom stereocenters. The van der Waals surface area contributed by atoms with Gasteiger partial charge in [0.1, 0.15) is 0 Å². The Kier molecular flexibility index (Phi) is 6.49. The monoisotopic (exact) mass is 384 g/mol. The van der Waals surface area contributed by atoms with Crippen LogP contribution in [0.4, 0.5) is 0 Å². The smallest absolute Gasteiger partial charge is 0.214 e. The van der Waals surface area contributed by atoms with E-state index in [2.05, 4.69) is 22.5 Å². The second-order valence-electron chi connectivity index (χ2n) is 5.95. The maximum atomic E-state index is 5.76. The lowest BCUT2D eigenvalue weighted by Crippen LogP contribution is -2.16. The molecule has 3 aromatic rings. The lowest BCUT2D eigenvalue weighted by atomic mass is 10.2. The molecule has 3 rings (SSSR count). The summed E-state index contributed by atoms with van der Waals surface area (Å²) >= 11 is 5.36. The summed E-state index contributed by atoms with van der Waals surface area (Å²) in [4.78, 5) is 0. The molecule has 7 heteroatoms. The number of hydrogen-bond donors (Lipinski definition) is 2. The molecular formula is C20H24N4O2S. The first-order chi connectivity index (χ1) is 13.2. The van der Waals surface area contributed by atoms with Gasteiger partial charge < -0.3 is 14.9 Å². The quantitative estimate of drug-likeness (QED) is 0.530. The maximum absolute atomic E-state index is 5.76. The van der Waals surface area contributed by atoms with Gasteiger partial charge in [-0.2, -0.15) is 5.10 Å². The molecule has 0 bridgehead atoms. The molecule has 1 aromatic heterocycles. The normalized spacial score (nSPS) is 10.6. The average molecular weight is 385 g/mol. The van der Waals surface area contributed by atoms with Crippen LogP contribution in [-0.2, 0) is 6.54 Å². The highest BCUT2D eigenvalue weighted by molar-refractivity contribution is 7.71. The van der Waals surface area contributed by atoms with Gasteiger partial charge in [-0.3, -0.25) is 0 Å². The van der Waals surface area contributed by atoms with Crippen LogP contribution in [-0.4, -0.2) is 28.1 Å². The van der Waals surface area contributed by atoms with Gasteiger partial charge in [-0.1, -0.05) is 43.3 Å². The minimum Gasteiger partial charge on any atom is -0.490 e. The maximum Gasteiger partial charge on any atom is 0.214 e. The van der Waals surface area contributed by atoms with Gasteiger partial charge in [0.25, 0.3) is 0 Å². The number of ether oxygens (including phenoxy) is 2. The Labute approximate surface area is 164 Å². The second kappa shape index (κ2) is 9.23. The zero-order chi connectivity index (χ0) is 19.1. The van der Waals surface area contributed by atoms with Crippen molar-refractivity contribution >= 4 is 12.2 Å². The molecule has 0 amide bonds. The van der Waals surface area contributed by atoms with E-state index >= 15 is 0 Å². The summed E-state index contributed by atoms with van der Waals surface area (Å²) in [6.45, 7) is 5.87. The Hall–Kier alpha value is -2.80. The first kappa shape index (κ1) is 19.0. The SMILES string of the molecule is CCCOc1ccc(CNn2c(-c3ccccc3)n[nH]c2=S)cc1OCC. The lowest BCUT2D eigenvalue weighted by molar-refractivity contribution is 0.276. The Morgan fingerprint density at radius 3 is 2.63 bits per heavy atom. The van der Waals surface area contributed by atoms with Crippen LogP contribution < -0.4 is 14.9 Å². The van der Waals surface area contributed by atoms with Crippen LogP contribution in [0, 0.1) is 4.77 Å². The van der Waals surface area contributed by atoms with Crippen LogP contribution in [0.1, 0.15) is 25.8 Å². The van der Waals surface area contributed by atoms with Gasteiger partial charge in [0, 0.05) is 5.56 Å². The molecule has 0 aliphatic heterocycles. The number of aromatic amines is 1. The molecule has 6 nitrogen and oxygen atoms in total. The summed E-state index contributed by atoms with van der Waals surface area (Å²) in [6.07, 6.45) is 0.954. The van der Waals surface area contributed by atoms with E-state index in [4.69, 9.17) is 21.7 Å². The van der Waals surface area contributed by atoms with Crippen molar-refractivity contribution in [3.05, 3.63) is 58.9 Å². The van der Waals surface area contributed by atoms with Crippen molar-refractivity contribution in [2.45, 2.75) is 26.8 Å². The summed E-state index contributed by atoms with van der Waals surface area (Å²) in [6, 6.07) is 15.9. The third-order valence-corrected chi connectivity index (χ3v) is 4.19. The summed E-state index contributed by atoms with van der Waals surface area (Å²) < 4.78 is 13.8.